The van der Waals surface area contributed by atoms with Gasteiger partial charge in [-0.15, -0.1) is 11.3 Å². The highest BCUT2D eigenvalue weighted by molar-refractivity contribution is 7.18. The first kappa shape index (κ1) is 14.7. The second kappa shape index (κ2) is 6.28. The second-order valence-corrected chi connectivity index (χ2v) is 6.48. The Kier molecular flexibility index (Phi) is 4.20. The first-order valence-electron chi connectivity index (χ1n) is 7.43. The third-order valence-electron chi connectivity index (χ3n) is 3.43. The first-order chi connectivity index (χ1) is 10.7. The number of anilines is 1. The van der Waals surface area contributed by atoms with Crippen LogP contribution in [0.5, 0.6) is 0 Å². The van der Waals surface area contributed by atoms with E-state index in [2.05, 4.69) is 17.2 Å². The van der Waals surface area contributed by atoms with E-state index < -0.39 is 0 Å². The summed E-state index contributed by atoms with van der Waals surface area (Å²) in [5, 5.41) is 4.11. The smallest absolute Gasteiger partial charge is 0.255 e. The predicted molar refractivity (Wildman–Crippen MR) is 92.7 cm³/mol. The zero-order chi connectivity index (χ0) is 15.5. The molecule has 0 aliphatic carbocycles. The van der Waals surface area contributed by atoms with Gasteiger partial charge in [-0.1, -0.05) is 24.6 Å². The number of aromatic nitrogens is 1. The molecule has 0 radical (unpaired) electrons. The van der Waals surface area contributed by atoms with Gasteiger partial charge in [-0.05, 0) is 50.1 Å². The van der Waals surface area contributed by atoms with Gasteiger partial charge < -0.3 is 5.32 Å². The fourth-order valence-electron chi connectivity index (χ4n) is 2.36. The predicted octanol–water partition coefficient (Wildman–Crippen LogP) is 4.81. The van der Waals surface area contributed by atoms with Gasteiger partial charge in [-0.3, -0.25) is 4.79 Å². The van der Waals surface area contributed by atoms with E-state index >= 15 is 0 Å². The van der Waals surface area contributed by atoms with E-state index in [-0.39, 0.29) is 5.91 Å². The summed E-state index contributed by atoms with van der Waals surface area (Å²) in [5.74, 6) is -0.0821. The Morgan fingerprint density at radius 1 is 1.23 bits per heavy atom. The van der Waals surface area contributed by atoms with E-state index in [0.29, 0.717) is 5.56 Å². The zero-order valence-electron chi connectivity index (χ0n) is 12.7. The van der Waals surface area contributed by atoms with Gasteiger partial charge >= 0.3 is 0 Å². The maximum absolute atomic E-state index is 12.3. The number of carbonyl (C=O) groups excluding carboxylic acids is 1. The molecule has 3 aromatic rings. The van der Waals surface area contributed by atoms with Crippen molar-refractivity contribution in [3.8, 4) is 0 Å². The molecular formula is C18H18N2OS. The molecule has 22 heavy (non-hydrogen) atoms. The summed E-state index contributed by atoms with van der Waals surface area (Å²) >= 11 is 1.70. The Morgan fingerprint density at radius 3 is 2.86 bits per heavy atom. The minimum atomic E-state index is -0.0821. The SMILES string of the molecule is CCCc1nc2ccc(NC(=O)c3cccc(C)c3)cc2s1. The average Bonchev–Trinajstić information content (AvgIpc) is 2.89. The normalized spacial score (nSPS) is 10.8. The molecule has 2 aromatic carbocycles. The van der Waals surface area contributed by atoms with Gasteiger partial charge in [-0.2, -0.15) is 0 Å². The van der Waals surface area contributed by atoms with Crippen LogP contribution < -0.4 is 5.32 Å². The largest absolute Gasteiger partial charge is 0.322 e. The highest BCUT2D eigenvalue weighted by Gasteiger charge is 2.08. The maximum Gasteiger partial charge on any atom is 0.255 e. The van der Waals surface area contributed by atoms with E-state index in [1.165, 1.54) is 0 Å². The van der Waals surface area contributed by atoms with Crippen LogP contribution in [0.15, 0.2) is 42.5 Å². The van der Waals surface area contributed by atoms with E-state index in [4.69, 9.17) is 0 Å². The van der Waals surface area contributed by atoms with Gasteiger partial charge in [0.15, 0.2) is 0 Å². The number of hydrogen-bond donors (Lipinski definition) is 1. The highest BCUT2D eigenvalue weighted by atomic mass is 32.1. The minimum absolute atomic E-state index is 0.0821. The maximum atomic E-state index is 12.3. The standard InChI is InChI=1S/C18H18N2OS/c1-3-5-17-20-15-9-8-14(11-16(15)22-17)19-18(21)13-7-4-6-12(2)10-13/h4,6-11H,3,5H2,1-2H3,(H,19,21). The lowest BCUT2D eigenvalue weighted by Crippen LogP contribution is -2.11. The number of nitrogens with one attached hydrogen (secondary N) is 1. The molecule has 1 amide bonds. The van der Waals surface area contributed by atoms with Crippen molar-refractivity contribution in [2.45, 2.75) is 26.7 Å². The summed E-state index contributed by atoms with van der Waals surface area (Å²) in [5.41, 5.74) is 3.57. The molecule has 0 atom stereocenters. The van der Waals surface area contributed by atoms with Crippen LogP contribution >= 0.6 is 11.3 Å². The third-order valence-corrected chi connectivity index (χ3v) is 4.51. The molecule has 1 aromatic heterocycles. The van der Waals surface area contributed by atoms with Crippen molar-refractivity contribution in [1.29, 1.82) is 0 Å². The summed E-state index contributed by atoms with van der Waals surface area (Å²) in [6.45, 7) is 4.13. The summed E-state index contributed by atoms with van der Waals surface area (Å²) in [6, 6.07) is 13.5. The van der Waals surface area contributed by atoms with Crippen LogP contribution in [0.2, 0.25) is 0 Å². The highest BCUT2D eigenvalue weighted by Crippen LogP contribution is 2.26. The molecule has 0 spiro atoms. The van der Waals surface area contributed by atoms with Gasteiger partial charge in [0.05, 0.1) is 15.2 Å². The van der Waals surface area contributed by atoms with Crippen molar-refractivity contribution >= 4 is 33.1 Å². The van der Waals surface area contributed by atoms with Crippen LogP contribution in [0.1, 0.15) is 34.3 Å². The van der Waals surface area contributed by atoms with Crippen molar-refractivity contribution in [2.75, 3.05) is 5.32 Å². The van der Waals surface area contributed by atoms with Crippen molar-refractivity contribution in [3.63, 3.8) is 0 Å². The zero-order valence-corrected chi connectivity index (χ0v) is 13.5. The number of nitrogens with zero attached hydrogens (tertiary/aromatic N) is 1. The van der Waals surface area contributed by atoms with Crippen LogP contribution in [0.3, 0.4) is 0 Å². The molecule has 0 saturated heterocycles. The van der Waals surface area contributed by atoms with Gasteiger partial charge in [0.25, 0.3) is 5.91 Å². The van der Waals surface area contributed by atoms with E-state index in [9.17, 15) is 4.79 Å². The Balaban J connectivity index is 1.82. The number of amides is 1. The molecule has 3 rings (SSSR count). The molecule has 0 saturated carbocycles. The van der Waals surface area contributed by atoms with Gasteiger partial charge in [-0.25, -0.2) is 4.98 Å². The lowest BCUT2D eigenvalue weighted by atomic mass is 10.1. The molecular weight excluding hydrogens is 292 g/mol. The minimum Gasteiger partial charge on any atom is -0.322 e. The average molecular weight is 310 g/mol. The summed E-state index contributed by atoms with van der Waals surface area (Å²) < 4.78 is 1.12. The fourth-order valence-corrected chi connectivity index (χ4v) is 3.47. The van der Waals surface area contributed by atoms with Crippen LogP contribution in [-0.2, 0) is 6.42 Å². The fraction of sp³-hybridized carbons (Fsp3) is 0.222. The number of rotatable bonds is 4. The number of aryl methyl sites for hydroxylation is 2. The van der Waals surface area contributed by atoms with Crippen LogP contribution in [0, 0.1) is 6.92 Å². The first-order valence-corrected chi connectivity index (χ1v) is 8.25. The topological polar surface area (TPSA) is 42.0 Å². The van der Waals surface area contributed by atoms with E-state index in [0.717, 1.165) is 39.3 Å². The summed E-state index contributed by atoms with van der Waals surface area (Å²) in [7, 11) is 0. The third kappa shape index (κ3) is 3.17. The molecule has 0 fully saturated rings. The Labute approximate surface area is 134 Å². The lowest BCUT2D eigenvalue weighted by molar-refractivity contribution is 0.102. The number of carbonyl (C=O) groups is 1. The monoisotopic (exact) mass is 310 g/mol. The molecule has 0 unspecified atom stereocenters. The van der Waals surface area contributed by atoms with Crippen LogP contribution in [-0.4, -0.2) is 10.9 Å². The van der Waals surface area contributed by atoms with Crippen molar-refractivity contribution in [3.05, 3.63) is 58.6 Å². The van der Waals surface area contributed by atoms with Gasteiger partial charge in [0, 0.05) is 11.3 Å². The molecule has 1 heterocycles. The van der Waals surface area contributed by atoms with E-state index in [1.54, 1.807) is 11.3 Å². The molecule has 4 heteroatoms. The number of benzene rings is 2. The van der Waals surface area contributed by atoms with Crippen molar-refractivity contribution in [1.82, 2.24) is 4.98 Å². The van der Waals surface area contributed by atoms with E-state index in [1.807, 2.05) is 49.4 Å². The van der Waals surface area contributed by atoms with Crippen molar-refractivity contribution in [2.24, 2.45) is 0 Å². The summed E-state index contributed by atoms with van der Waals surface area (Å²) in [6.07, 6.45) is 2.10. The van der Waals surface area contributed by atoms with Crippen LogP contribution in [0.4, 0.5) is 5.69 Å². The van der Waals surface area contributed by atoms with Crippen molar-refractivity contribution < 1.29 is 4.79 Å². The molecule has 0 bridgehead atoms. The molecule has 112 valence electrons. The quantitative estimate of drug-likeness (QED) is 0.751. The van der Waals surface area contributed by atoms with Gasteiger partial charge in [0.1, 0.15) is 0 Å². The number of fused-ring (bicyclic) bond motifs is 1. The second-order valence-electron chi connectivity index (χ2n) is 5.36. The molecule has 0 aliphatic rings. The lowest BCUT2D eigenvalue weighted by Gasteiger charge is -2.05. The molecule has 1 N–H and O–H groups in total. The number of thiazole rings is 1. The summed E-state index contributed by atoms with van der Waals surface area (Å²) in [4.78, 5) is 16.9. The Morgan fingerprint density at radius 2 is 2.09 bits per heavy atom. The Hall–Kier alpha value is -2.20. The molecule has 3 nitrogen and oxygen atoms in total. The van der Waals surface area contributed by atoms with Gasteiger partial charge in [0.2, 0.25) is 0 Å². The molecule has 0 aliphatic heterocycles. The number of hydrogen-bond acceptors (Lipinski definition) is 3. The Bertz CT molecular complexity index is 823. The van der Waals surface area contributed by atoms with Crippen LogP contribution in [0.25, 0.3) is 10.2 Å².